The number of guanidine groups is 1. The molecule has 0 fully saturated rings. The molecule has 0 aliphatic rings. The van der Waals surface area contributed by atoms with Crippen molar-refractivity contribution in [2.24, 2.45) is 0 Å². The summed E-state index contributed by atoms with van der Waals surface area (Å²) in [6.07, 6.45) is 0. The van der Waals surface area contributed by atoms with Crippen LogP contribution in [0.2, 0.25) is 0 Å². The van der Waals surface area contributed by atoms with Gasteiger partial charge in [0.15, 0.2) is 0 Å². The molecular formula is C17H21N3. The molecule has 3 nitrogen and oxygen atoms in total. The van der Waals surface area contributed by atoms with Crippen molar-refractivity contribution in [2.75, 3.05) is 23.9 Å². The van der Waals surface area contributed by atoms with Gasteiger partial charge in [-0.3, -0.25) is 5.41 Å². The average Bonchev–Trinajstić information content (AvgIpc) is 2.46. The Hall–Kier alpha value is -2.29. The minimum Gasteiger partial charge on any atom is -0.315 e. The van der Waals surface area contributed by atoms with E-state index in [0.29, 0.717) is 5.96 Å². The number of nitrogens with zero attached hydrogens (tertiary/aromatic N) is 2. The van der Waals surface area contributed by atoms with Crippen LogP contribution in [0.15, 0.2) is 48.5 Å². The van der Waals surface area contributed by atoms with Crippen molar-refractivity contribution in [2.45, 2.75) is 13.8 Å². The second-order valence-corrected chi connectivity index (χ2v) is 5.01. The van der Waals surface area contributed by atoms with E-state index in [1.165, 1.54) is 0 Å². The number of nitrogens with one attached hydrogen (secondary N) is 1. The van der Waals surface area contributed by atoms with E-state index in [4.69, 9.17) is 5.41 Å². The van der Waals surface area contributed by atoms with Gasteiger partial charge in [-0.05, 0) is 37.1 Å². The monoisotopic (exact) mass is 267 g/mol. The first-order valence-electron chi connectivity index (χ1n) is 6.69. The van der Waals surface area contributed by atoms with Gasteiger partial charge in [-0.1, -0.05) is 36.4 Å². The molecule has 0 atom stereocenters. The van der Waals surface area contributed by atoms with Gasteiger partial charge in [-0.25, -0.2) is 0 Å². The van der Waals surface area contributed by atoms with Gasteiger partial charge in [-0.15, -0.1) is 0 Å². The molecule has 2 aromatic carbocycles. The van der Waals surface area contributed by atoms with E-state index >= 15 is 0 Å². The van der Waals surface area contributed by atoms with Gasteiger partial charge in [0.25, 0.3) is 0 Å². The van der Waals surface area contributed by atoms with Crippen LogP contribution in [0.3, 0.4) is 0 Å². The minimum absolute atomic E-state index is 0.452. The molecule has 0 saturated heterocycles. The lowest BCUT2D eigenvalue weighted by Gasteiger charge is -2.30. The lowest BCUT2D eigenvalue weighted by molar-refractivity contribution is 1.10. The van der Waals surface area contributed by atoms with Crippen LogP contribution in [0.4, 0.5) is 11.4 Å². The molecule has 0 saturated carbocycles. The topological polar surface area (TPSA) is 30.3 Å². The Kier molecular flexibility index (Phi) is 4.08. The van der Waals surface area contributed by atoms with Gasteiger partial charge in [-0.2, -0.15) is 0 Å². The Bertz CT molecular complexity index is 566. The van der Waals surface area contributed by atoms with Gasteiger partial charge in [0, 0.05) is 25.5 Å². The van der Waals surface area contributed by atoms with E-state index in [1.54, 1.807) is 0 Å². The van der Waals surface area contributed by atoms with Crippen molar-refractivity contribution in [3.63, 3.8) is 0 Å². The smallest absolute Gasteiger partial charge is 0.202 e. The van der Waals surface area contributed by atoms with Crippen LogP contribution in [0.1, 0.15) is 11.1 Å². The van der Waals surface area contributed by atoms with Crippen molar-refractivity contribution in [1.29, 1.82) is 5.41 Å². The number of rotatable bonds is 2. The summed E-state index contributed by atoms with van der Waals surface area (Å²) >= 11 is 0. The standard InChI is InChI=1S/C17H21N3/c1-13-9-5-7-11-15(13)19(3)17(18)20(4)16-12-8-6-10-14(16)2/h5-12,18H,1-4H3. The molecule has 0 bridgehead atoms. The van der Waals surface area contributed by atoms with Crippen molar-refractivity contribution in [3.05, 3.63) is 59.7 Å². The normalized spacial score (nSPS) is 10.2. The molecule has 0 radical (unpaired) electrons. The predicted octanol–water partition coefficient (Wildman–Crippen LogP) is 3.81. The van der Waals surface area contributed by atoms with E-state index in [2.05, 4.69) is 26.0 Å². The quantitative estimate of drug-likeness (QED) is 0.662. The molecule has 20 heavy (non-hydrogen) atoms. The third kappa shape index (κ3) is 2.67. The van der Waals surface area contributed by atoms with Crippen LogP contribution in [-0.4, -0.2) is 20.1 Å². The molecule has 0 aliphatic carbocycles. The third-order valence-electron chi connectivity index (χ3n) is 3.59. The lowest BCUT2D eigenvalue weighted by atomic mass is 10.2. The highest BCUT2D eigenvalue weighted by molar-refractivity contribution is 6.05. The summed E-state index contributed by atoms with van der Waals surface area (Å²) in [6.45, 7) is 4.12. The van der Waals surface area contributed by atoms with Gasteiger partial charge < -0.3 is 9.80 Å². The van der Waals surface area contributed by atoms with Crippen molar-refractivity contribution in [3.8, 4) is 0 Å². The maximum absolute atomic E-state index is 8.42. The maximum Gasteiger partial charge on any atom is 0.202 e. The van der Waals surface area contributed by atoms with Crippen LogP contribution in [-0.2, 0) is 0 Å². The van der Waals surface area contributed by atoms with Crippen molar-refractivity contribution >= 4 is 17.3 Å². The summed E-state index contributed by atoms with van der Waals surface area (Å²) in [4.78, 5) is 3.81. The zero-order chi connectivity index (χ0) is 14.7. The predicted molar refractivity (Wildman–Crippen MR) is 86.9 cm³/mol. The van der Waals surface area contributed by atoms with Crippen LogP contribution in [0.25, 0.3) is 0 Å². The molecule has 0 aliphatic heterocycles. The number of benzene rings is 2. The molecule has 0 unspecified atom stereocenters. The van der Waals surface area contributed by atoms with Crippen molar-refractivity contribution in [1.82, 2.24) is 0 Å². The zero-order valence-electron chi connectivity index (χ0n) is 12.5. The molecule has 0 spiro atoms. The molecule has 0 aromatic heterocycles. The number of para-hydroxylation sites is 2. The van der Waals surface area contributed by atoms with E-state index < -0.39 is 0 Å². The highest BCUT2D eigenvalue weighted by atomic mass is 15.3. The molecule has 104 valence electrons. The van der Waals surface area contributed by atoms with Crippen LogP contribution < -0.4 is 9.80 Å². The Morgan fingerprint density at radius 1 is 0.750 bits per heavy atom. The fraction of sp³-hybridized carbons (Fsp3) is 0.235. The first-order chi connectivity index (χ1) is 9.52. The number of hydrogen-bond donors (Lipinski definition) is 1. The molecule has 1 N–H and O–H groups in total. The van der Waals surface area contributed by atoms with Gasteiger partial charge >= 0.3 is 0 Å². The van der Waals surface area contributed by atoms with Crippen molar-refractivity contribution < 1.29 is 0 Å². The van der Waals surface area contributed by atoms with E-state index in [-0.39, 0.29) is 0 Å². The largest absolute Gasteiger partial charge is 0.315 e. The first-order valence-corrected chi connectivity index (χ1v) is 6.69. The Labute approximate surface area is 121 Å². The van der Waals surface area contributed by atoms with Crippen LogP contribution in [0, 0.1) is 19.3 Å². The van der Waals surface area contributed by atoms with E-state index in [9.17, 15) is 0 Å². The second kappa shape index (κ2) is 5.78. The molecule has 2 rings (SSSR count). The van der Waals surface area contributed by atoms with E-state index in [1.807, 2.05) is 60.3 Å². The first kappa shape index (κ1) is 14.1. The Morgan fingerprint density at radius 3 is 1.45 bits per heavy atom. The average molecular weight is 267 g/mol. The summed E-state index contributed by atoms with van der Waals surface area (Å²) in [5.41, 5.74) is 4.44. The highest BCUT2D eigenvalue weighted by Crippen LogP contribution is 2.22. The molecule has 2 aromatic rings. The molecule has 0 heterocycles. The van der Waals surface area contributed by atoms with Gasteiger partial charge in [0.05, 0.1) is 0 Å². The number of aryl methyl sites for hydroxylation is 2. The molecular weight excluding hydrogens is 246 g/mol. The van der Waals surface area contributed by atoms with Gasteiger partial charge in [0.1, 0.15) is 0 Å². The molecule has 0 amide bonds. The number of anilines is 2. The highest BCUT2D eigenvalue weighted by Gasteiger charge is 2.15. The fourth-order valence-electron chi connectivity index (χ4n) is 2.33. The minimum atomic E-state index is 0.452. The lowest BCUT2D eigenvalue weighted by Crippen LogP contribution is -2.40. The summed E-state index contributed by atoms with van der Waals surface area (Å²) in [5, 5.41) is 8.42. The SMILES string of the molecule is Cc1ccccc1N(C)C(=N)N(C)c1ccccc1C. The van der Waals surface area contributed by atoms with E-state index in [0.717, 1.165) is 22.5 Å². The summed E-state index contributed by atoms with van der Waals surface area (Å²) in [5.74, 6) is 0.452. The third-order valence-corrected chi connectivity index (χ3v) is 3.59. The Balaban J connectivity index is 2.28. The second-order valence-electron chi connectivity index (χ2n) is 5.01. The summed E-state index contributed by atoms with van der Waals surface area (Å²) in [7, 11) is 3.86. The Morgan fingerprint density at radius 2 is 1.10 bits per heavy atom. The summed E-state index contributed by atoms with van der Waals surface area (Å²) in [6, 6.07) is 16.2. The van der Waals surface area contributed by atoms with Gasteiger partial charge in [0.2, 0.25) is 5.96 Å². The maximum atomic E-state index is 8.42. The summed E-state index contributed by atoms with van der Waals surface area (Å²) < 4.78 is 0. The molecule has 3 heteroatoms. The van der Waals surface area contributed by atoms with Crippen LogP contribution in [0.5, 0.6) is 0 Å². The van der Waals surface area contributed by atoms with Crippen LogP contribution >= 0.6 is 0 Å². The zero-order valence-corrected chi connectivity index (χ0v) is 12.5. The number of hydrogen-bond acceptors (Lipinski definition) is 1. The fourth-order valence-corrected chi connectivity index (χ4v) is 2.33.